The number of hydrogen-bond donors (Lipinski definition) is 7. The van der Waals surface area contributed by atoms with Crippen LogP contribution in [0.5, 0.6) is 0 Å². The molecule has 11 unspecified atom stereocenters. The van der Waals surface area contributed by atoms with E-state index in [2.05, 4.69) is 55.5 Å². The van der Waals surface area contributed by atoms with Crippen molar-refractivity contribution in [1.82, 2.24) is 0 Å². The summed E-state index contributed by atoms with van der Waals surface area (Å²) in [6.45, 7) is 1.38. The van der Waals surface area contributed by atoms with Crippen LogP contribution in [0.1, 0.15) is 104 Å². The molecule has 2 fully saturated rings. The zero-order chi connectivity index (χ0) is 41.1. The third kappa shape index (κ3) is 19.7. The molecule has 11 atom stereocenters. The van der Waals surface area contributed by atoms with Crippen molar-refractivity contribution in [2.24, 2.45) is 0 Å². The van der Waals surface area contributed by atoms with E-state index < -0.39 is 99.3 Å². The van der Waals surface area contributed by atoms with E-state index in [1.54, 1.807) is 0 Å². The van der Waals surface area contributed by atoms with Crippen molar-refractivity contribution in [1.29, 1.82) is 0 Å². The van der Waals surface area contributed by atoms with Gasteiger partial charge in [-0.3, -0.25) is 9.59 Å². The lowest BCUT2D eigenvalue weighted by Crippen LogP contribution is -2.61. The summed E-state index contributed by atoms with van der Waals surface area (Å²) in [6.07, 6.45) is 14.2. The Hall–Kier alpha value is -2.54. The Balaban J connectivity index is 1.64. The van der Waals surface area contributed by atoms with Crippen LogP contribution in [0, 0.1) is 0 Å². The van der Waals surface area contributed by atoms with E-state index >= 15 is 0 Å². The lowest BCUT2D eigenvalue weighted by Gasteiger charge is -2.42. The van der Waals surface area contributed by atoms with Crippen LogP contribution in [0.15, 0.2) is 48.6 Å². The van der Waals surface area contributed by atoms with Crippen LogP contribution >= 0.6 is 0 Å². The Kier molecular flexibility index (Phi) is 26.3. The van der Waals surface area contributed by atoms with Crippen LogP contribution < -0.4 is 0 Å². The normalized spacial score (nSPS) is 29.2. The van der Waals surface area contributed by atoms with E-state index in [-0.39, 0.29) is 13.0 Å². The maximum absolute atomic E-state index is 12.6. The topological polar surface area (TPSA) is 231 Å². The average Bonchev–Trinajstić information content (AvgIpc) is 3.18. The standard InChI is InChI=1S/C41H68O15/c1-3-4-5-6-7-8-9-10-11-12-13-14-15-16-17-18-19-20-21-22-23-24-33(44)54-30(26-51-29(2)43)27-52-40-39(50)37(48)35(46)32(56-40)28-53-41-38(49)36(47)34(45)31(25-42)55-41/h4-5,7-8,10-11,13-14,30-32,34-42,45-50H,3,6,9,12,15-28H2,1-2H3/b5-4-,8-7-,11-10-,14-13-. The SMILES string of the molecule is CC/C=C\C/C=C\C/C=C\C/C=C\CCCCCCCCCCC(=O)OC(COC(C)=O)COC1OC(COC2OC(CO)C(O)C(O)C2O)C(O)C(O)C1O. The molecule has 2 saturated heterocycles. The molecular weight excluding hydrogens is 732 g/mol. The van der Waals surface area contributed by atoms with Crippen molar-refractivity contribution in [3.63, 3.8) is 0 Å². The summed E-state index contributed by atoms with van der Waals surface area (Å²) in [5.74, 6) is -1.13. The highest BCUT2D eigenvalue weighted by molar-refractivity contribution is 5.69. The monoisotopic (exact) mass is 800 g/mol. The van der Waals surface area contributed by atoms with E-state index in [0.29, 0.717) is 6.42 Å². The second kappa shape index (κ2) is 29.6. The number of hydrogen-bond acceptors (Lipinski definition) is 15. The van der Waals surface area contributed by atoms with Gasteiger partial charge >= 0.3 is 11.9 Å². The van der Waals surface area contributed by atoms with Gasteiger partial charge in [0.2, 0.25) is 0 Å². The smallest absolute Gasteiger partial charge is 0.306 e. The van der Waals surface area contributed by atoms with Gasteiger partial charge in [-0.15, -0.1) is 0 Å². The number of rotatable bonds is 28. The average molecular weight is 801 g/mol. The number of esters is 2. The summed E-state index contributed by atoms with van der Waals surface area (Å²) in [5.41, 5.74) is 0. The van der Waals surface area contributed by atoms with E-state index in [4.69, 9.17) is 28.4 Å². The molecule has 0 aliphatic carbocycles. The van der Waals surface area contributed by atoms with Crippen LogP contribution in [-0.2, 0) is 38.0 Å². The Morgan fingerprint density at radius 2 is 1.11 bits per heavy atom. The van der Waals surface area contributed by atoms with Crippen molar-refractivity contribution >= 4 is 11.9 Å². The van der Waals surface area contributed by atoms with Gasteiger partial charge < -0.3 is 64.2 Å². The summed E-state index contributed by atoms with van der Waals surface area (Å²) in [6, 6.07) is 0. The number of ether oxygens (including phenoxy) is 6. The molecule has 2 aliphatic rings. The molecule has 2 aliphatic heterocycles. The third-order valence-electron chi connectivity index (χ3n) is 9.38. The molecule has 0 bridgehead atoms. The predicted molar refractivity (Wildman–Crippen MR) is 206 cm³/mol. The highest BCUT2D eigenvalue weighted by Crippen LogP contribution is 2.26. The maximum Gasteiger partial charge on any atom is 0.306 e. The number of aliphatic hydroxyl groups is 7. The van der Waals surface area contributed by atoms with Gasteiger partial charge in [-0.2, -0.15) is 0 Å². The summed E-state index contributed by atoms with van der Waals surface area (Å²) in [4.78, 5) is 24.1. The minimum atomic E-state index is -1.76. The maximum atomic E-state index is 12.6. The Bertz CT molecular complexity index is 1170. The van der Waals surface area contributed by atoms with Crippen molar-refractivity contribution in [3.8, 4) is 0 Å². The zero-order valence-electron chi connectivity index (χ0n) is 33.1. The third-order valence-corrected chi connectivity index (χ3v) is 9.38. The van der Waals surface area contributed by atoms with Crippen LogP contribution in [0.25, 0.3) is 0 Å². The fourth-order valence-electron chi connectivity index (χ4n) is 6.05. The second-order valence-electron chi connectivity index (χ2n) is 14.2. The van der Waals surface area contributed by atoms with E-state index in [9.17, 15) is 45.3 Å². The first-order valence-corrected chi connectivity index (χ1v) is 20.2. The van der Waals surface area contributed by atoms with E-state index in [0.717, 1.165) is 57.8 Å². The Labute approximate surface area is 331 Å². The fourth-order valence-corrected chi connectivity index (χ4v) is 6.05. The highest BCUT2D eigenvalue weighted by Gasteiger charge is 2.47. The molecule has 15 heteroatoms. The first-order valence-electron chi connectivity index (χ1n) is 20.2. The van der Waals surface area contributed by atoms with Gasteiger partial charge in [0.05, 0.1) is 19.8 Å². The molecule has 0 aromatic carbocycles. The molecule has 7 N–H and O–H groups in total. The van der Waals surface area contributed by atoms with Crippen LogP contribution in [0.3, 0.4) is 0 Å². The largest absolute Gasteiger partial charge is 0.462 e. The van der Waals surface area contributed by atoms with Crippen LogP contribution in [-0.4, -0.2) is 142 Å². The minimum absolute atomic E-state index is 0.149. The second-order valence-corrected chi connectivity index (χ2v) is 14.2. The van der Waals surface area contributed by atoms with Crippen molar-refractivity contribution in [2.45, 2.75) is 171 Å². The molecule has 2 rings (SSSR count). The summed E-state index contributed by atoms with van der Waals surface area (Å²) >= 11 is 0. The lowest BCUT2D eigenvalue weighted by molar-refractivity contribution is -0.332. The van der Waals surface area contributed by atoms with Crippen molar-refractivity contribution < 1.29 is 73.8 Å². The highest BCUT2D eigenvalue weighted by atomic mass is 16.7. The quantitative estimate of drug-likeness (QED) is 0.0343. The number of allylic oxidation sites excluding steroid dienone is 8. The van der Waals surface area contributed by atoms with Crippen molar-refractivity contribution in [3.05, 3.63) is 48.6 Å². The number of aliphatic hydroxyl groups excluding tert-OH is 7. The van der Waals surface area contributed by atoms with E-state index in [1.165, 1.54) is 26.2 Å². The number of carbonyl (C=O) groups excluding carboxylic acids is 2. The molecular formula is C41H68O15. The summed E-state index contributed by atoms with van der Waals surface area (Å²) in [5, 5.41) is 71.0. The predicted octanol–water partition coefficient (Wildman–Crippen LogP) is 2.81. The van der Waals surface area contributed by atoms with Gasteiger partial charge in [-0.25, -0.2) is 0 Å². The summed E-state index contributed by atoms with van der Waals surface area (Å²) in [7, 11) is 0. The Morgan fingerprint density at radius 3 is 1.68 bits per heavy atom. The zero-order valence-corrected chi connectivity index (χ0v) is 33.1. The molecule has 322 valence electrons. The van der Waals surface area contributed by atoms with Gasteiger partial charge in [0, 0.05) is 13.3 Å². The van der Waals surface area contributed by atoms with Gasteiger partial charge in [-0.1, -0.05) is 94.1 Å². The molecule has 0 amide bonds. The summed E-state index contributed by atoms with van der Waals surface area (Å²) < 4.78 is 32.4. The first kappa shape index (κ1) is 49.6. The van der Waals surface area contributed by atoms with E-state index in [1.807, 2.05) is 0 Å². The molecule has 0 spiro atoms. The molecule has 0 aromatic heterocycles. The first-order chi connectivity index (χ1) is 27.0. The molecule has 0 radical (unpaired) electrons. The fraction of sp³-hybridized carbons (Fsp3) is 0.756. The van der Waals surface area contributed by atoms with Gasteiger partial charge in [0.1, 0.15) is 55.4 Å². The molecule has 2 heterocycles. The lowest BCUT2D eigenvalue weighted by atomic mass is 9.98. The number of carbonyl (C=O) groups is 2. The van der Waals surface area contributed by atoms with Gasteiger partial charge in [-0.05, 0) is 44.9 Å². The van der Waals surface area contributed by atoms with Crippen LogP contribution in [0.4, 0.5) is 0 Å². The Morgan fingerprint density at radius 1 is 0.607 bits per heavy atom. The van der Waals surface area contributed by atoms with Crippen molar-refractivity contribution in [2.75, 3.05) is 26.4 Å². The molecule has 15 nitrogen and oxygen atoms in total. The minimum Gasteiger partial charge on any atom is -0.462 e. The molecule has 0 aromatic rings. The molecule has 56 heavy (non-hydrogen) atoms. The van der Waals surface area contributed by atoms with Crippen LogP contribution in [0.2, 0.25) is 0 Å². The van der Waals surface area contributed by atoms with Gasteiger partial charge in [0.15, 0.2) is 18.7 Å². The van der Waals surface area contributed by atoms with Gasteiger partial charge in [0.25, 0.3) is 0 Å². The number of unbranched alkanes of at least 4 members (excludes halogenated alkanes) is 8. The molecule has 0 saturated carbocycles.